The van der Waals surface area contributed by atoms with Crippen molar-refractivity contribution >= 4 is 35.2 Å². The number of nitrogens with one attached hydrogen (secondary N) is 2. The van der Waals surface area contributed by atoms with Gasteiger partial charge in [0.2, 0.25) is 5.91 Å². The highest BCUT2D eigenvalue weighted by Gasteiger charge is 2.51. The van der Waals surface area contributed by atoms with Crippen LogP contribution in [-0.4, -0.2) is 35.7 Å². The van der Waals surface area contributed by atoms with Crippen molar-refractivity contribution in [2.75, 3.05) is 17.7 Å². The maximum absolute atomic E-state index is 13.7. The number of thioether (sulfide) groups is 1. The first-order valence-corrected chi connectivity index (χ1v) is 13.2. The first-order chi connectivity index (χ1) is 17.3. The Morgan fingerprint density at radius 3 is 2.31 bits per heavy atom. The molecule has 4 saturated carbocycles. The minimum absolute atomic E-state index is 0.0402. The molecular formula is C27H28F2N2O4S. The van der Waals surface area contributed by atoms with E-state index in [0.717, 1.165) is 55.2 Å². The number of rotatable bonds is 8. The fourth-order valence-corrected chi connectivity index (χ4v) is 7.33. The number of hydrogen-bond donors (Lipinski definition) is 2. The molecule has 0 atom stereocenters. The van der Waals surface area contributed by atoms with Gasteiger partial charge < -0.3 is 15.4 Å². The van der Waals surface area contributed by atoms with Crippen molar-refractivity contribution in [3.8, 4) is 0 Å². The summed E-state index contributed by atoms with van der Waals surface area (Å²) in [5.41, 5.74) is -0.175. The van der Waals surface area contributed by atoms with Crippen molar-refractivity contribution in [1.29, 1.82) is 0 Å². The van der Waals surface area contributed by atoms with Gasteiger partial charge in [0.15, 0.2) is 6.61 Å². The van der Waals surface area contributed by atoms with Crippen LogP contribution >= 0.6 is 11.8 Å². The zero-order valence-electron chi connectivity index (χ0n) is 19.7. The molecule has 36 heavy (non-hydrogen) atoms. The minimum Gasteiger partial charge on any atom is -0.452 e. The number of esters is 1. The van der Waals surface area contributed by atoms with Crippen molar-refractivity contribution < 1.29 is 27.9 Å². The number of ether oxygens (including phenoxy) is 1. The van der Waals surface area contributed by atoms with Crippen LogP contribution in [0.15, 0.2) is 47.4 Å². The third-order valence-corrected chi connectivity index (χ3v) is 8.52. The molecule has 0 saturated heterocycles. The molecule has 4 fully saturated rings. The normalized spacial score (nSPS) is 25.9. The van der Waals surface area contributed by atoms with E-state index in [-0.39, 0.29) is 28.4 Å². The van der Waals surface area contributed by atoms with Crippen LogP contribution in [0.4, 0.5) is 14.5 Å². The maximum Gasteiger partial charge on any atom is 0.339 e. The molecule has 0 heterocycles. The second-order valence-electron chi connectivity index (χ2n) is 10.3. The summed E-state index contributed by atoms with van der Waals surface area (Å²) < 4.78 is 32.1. The Kier molecular flexibility index (Phi) is 7.01. The number of carbonyl (C=O) groups is 3. The van der Waals surface area contributed by atoms with Gasteiger partial charge in [-0.2, -0.15) is 0 Å². The molecule has 6 rings (SSSR count). The van der Waals surface area contributed by atoms with Crippen LogP contribution in [0.1, 0.15) is 48.9 Å². The SMILES string of the molecule is O=C(COC(=O)c1ccccc1SCC(=O)NC12CC3CC(CC(C3)C1)C2)Nc1cc(F)ccc1F. The summed E-state index contributed by atoms with van der Waals surface area (Å²) in [4.78, 5) is 38.1. The highest BCUT2D eigenvalue weighted by Crippen LogP contribution is 2.55. The molecule has 0 spiro atoms. The molecular weight excluding hydrogens is 486 g/mol. The number of hydrogen-bond acceptors (Lipinski definition) is 5. The van der Waals surface area contributed by atoms with E-state index in [1.807, 2.05) is 0 Å². The molecule has 2 aromatic rings. The van der Waals surface area contributed by atoms with Crippen molar-refractivity contribution in [1.82, 2.24) is 5.32 Å². The van der Waals surface area contributed by atoms with Crippen molar-refractivity contribution in [2.24, 2.45) is 17.8 Å². The number of anilines is 1. The first-order valence-electron chi connectivity index (χ1n) is 12.2. The average Bonchev–Trinajstić information content (AvgIpc) is 2.82. The second-order valence-corrected chi connectivity index (χ2v) is 11.3. The molecule has 0 unspecified atom stereocenters. The zero-order chi connectivity index (χ0) is 25.3. The van der Waals surface area contributed by atoms with E-state index in [4.69, 9.17) is 4.74 Å². The smallest absolute Gasteiger partial charge is 0.339 e. The van der Waals surface area contributed by atoms with Crippen molar-refractivity contribution in [2.45, 2.75) is 49.0 Å². The number of amides is 2. The largest absolute Gasteiger partial charge is 0.452 e. The van der Waals surface area contributed by atoms with Gasteiger partial charge >= 0.3 is 5.97 Å². The van der Waals surface area contributed by atoms with Gasteiger partial charge in [-0.15, -0.1) is 11.8 Å². The lowest BCUT2D eigenvalue weighted by Crippen LogP contribution is -2.60. The van der Waals surface area contributed by atoms with E-state index in [1.165, 1.54) is 31.0 Å². The van der Waals surface area contributed by atoms with Gasteiger partial charge in [0.25, 0.3) is 5.91 Å². The van der Waals surface area contributed by atoms with Crippen LogP contribution in [0.3, 0.4) is 0 Å². The molecule has 0 aliphatic heterocycles. The van der Waals surface area contributed by atoms with Gasteiger partial charge in [-0.05, 0) is 80.5 Å². The lowest BCUT2D eigenvalue weighted by molar-refractivity contribution is -0.124. The molecule has 2 amide bonds. The van der Waals surface area contributed by atoms with Crippen LogP contribution in [0.25, 0.3) is 0 Å². The molecule has 2 aromatic carbocycles. The molecule has 4 bridgehead atoms. The summed E-state index contributed by atoms with van der Waals surface area (Å²) >= 11 is 1.25. The van der Waals surface area contributed by atoms with E-state index in [1.54, 1.807) is 24.3 Å². The highest BCUT2D eigenvalue weighted by atomic mass is 32.2. The van der Waals surface area contributed by atoms with Crippen molar-refractivity contribution in [3.05, 3.63) is 59.7 Å². The van der Waals surface area contributed by atoms with Crippen molar-refractivity contribution in [3.63, 3.8) is 0 Å². The first kappa shape index (κ1) is 24.7. The topological polar surface area (TPSA) is 84.5 Å². The van der Waals surface area contributed by atoms with Gasteiger partial charge in [0, 0.05) is 16.5 Å². The van der Waals surface area contributed by atoms with E-state index in [2.05, 4.69) is 10.6 Å². The summed E-state index contributed by atoms with van der Waals surface area (Å²) in [6, 6.07) is 9.38. The third kappa shape index (κ3) is 5.56. The van der Waals surface area contributed by atoms with Gasteiger partial charge in [-0.1, -0.05) is 12.1 Å². The van der Waals surface area contributed by atoms with Gasteiger partial charge in [0.1, 0.15) is 11.6 Å². The molecule has 0 radical (unpaired) electrons. The van der Waals surface area contributed by atoms with E-state index in [0.29, 0.717) is 4.90 Å². The molecule has 4 aliphatic rings. The zero-order valence-corrected chi connectivity index (χ0v) is 20.5. The van der Waals surface area contributed by atoms with Crippen LogP contribution in [0.2, 0.25) is 0 Å². The minimum atomic E-state index is -0.801. The molecule has 190 valence electrons. The Bertz CT molecular complexity index is 1150. The van der Waals surface area contributed by atoms with E-state index in [9.17, 15) is 23.2 Å². The second kappa shape index (κ2) is 10.2. The summed E-state index contributed by atoms with van der Waals surface area (Å²) in [5, 5.41) is 5.51. The fourth-order valence-electron chi connectivity index (χ4n) is 6.49. The number of benzene rings is 2. The summed E-state index contributed by atoms with van der Waals surface area (Å²) in [7, 11) is 0. The Hall–Kier alpha value is -2.94. The molecule has 9 heteroatoms. The summed E-state index contributed by atoms with van der Waals surface area (Å²) in [5.74, 6) is -0.723. The van der Waals surface area contributed by atoms with E-state index >= 15 is 0 Å². The average molecular weight is 515 g/mol. The van der Waals surface area contributed by atoms with Crippen LogP contribution in [0.5, 0.6) is 0 Å². The standard InChI is InChI=1S/C27H28F2N2O4S/c28-19-5-6-21(29)22(10-19)30-24(32)14-35-26(34)20-3-1-2-4-23(20)36-15-25(33)31-27-11-16-7-17(12-27)9-18(8-16)13-27/h1-6,10,16-18H,7-9,11-15H2,(H,30,32)(H,31,33). The maximum atomic E-state index is 13.7. The Balaban J connectivity index is 1.14. The monoisotopic (exact) mass is 514 g/mol. The predicted molar refractivity (Wildman–Crippen MR) is 131 cm³/mol. The predicted octanol–water partition coefficient (Wildman–Crippen LogP) is 4.94. The lowest BCUT2D eigenvalue weighted by atomic mass is 9.53. The van der Waals surface area contributed by atoms with Gasteiger partial charge in [-0.25, -0.2) is 13.6 Å². The Labute approximate surface area is 212 Å². The van der Waals surface area contributed by atoms with Gasteiger partial charge in [0.05, 0.1) is 17.0 Å². The lowest BCUT2D eigenvalue weighted by Gasteiger charge is -2.56. The summed E-state index contributed by atoms with van der Waals surface area (Å²) in [6.07, 6.45) is 7.11. The molecule has 6 nitrogen and oxygen atoms in total. The summed E-state index contributed by atoms with van der Waals surface area (Å²) in [6.45, 7) is -0.666. The fraction of sp³-hybridized carbons (Fsp3) is 0.444. The number of halogens is 2. The Morgan fingerprint density at radius 2 is 1.61 bits per heavy atom. The van der Waals surface area contributed by atoms with Gasteiger partial charge in [-0.3, -0.25) is 9.59 Å². The number of carbonyl (C=O) groups excluding carboxylic acids is 3. The van der Waals surface area contributed by atoms with Crippen LogP contribution in [0, 0.1) is 29.4 Å². The quantitative estimate of drug-likeness (QED) is 0.385. The Morgan fingerprint density at radius 1 is 0.944 bits per heavy atom. The molecule has 4 aliphatic carbocycles. The highest BCUT2D eigenvalue weighted by molar-refractivity contribution is 8.00. The van der Waals surface area contributed by atoms with Crippen LogP contribution in [-0.2, 0) is 14.3 Å². The van der Waals surface area contributed by atoms with E-state index < -0.39 is 30.1 Å². The third-order valence-electron chi connectivity index (χ3n) is 7.45. The van der Waals surface area contributed by atoms with Crippen LogP contribution < -0.4 is 10.6 Å². The molecule has 0 aromatic heterocycles. The molecule has 2 N–H and O–H groups in total.